The normalized spacial score (nSPS) is 16.6. The summed E-state index contributed by atoms with van der Waals surface area (Å²) in [5.41, 5.74) is 7.50. The number of hydrogen-bond donors (Lipinski definition) is 1. The van der Waals surface area contributed by atoms with Crippen LogP contribution < -0.4 is 5.73 Å². The molecule has 0 spiro atoms. The van der Waals surface area contributed by atoms with Gasteiger partial charge in [-0.1, -0.05) is 53.7 Å². The van der Waals surface area contributed by atoms with Gasteiger partial charge in [0.2, 0.25) is 11.8 Å². The third-order valence-corrected chi connectivity index (χ3v) is 4.48. The molecule has 0 saturated carbocycles. The van der Waals surface area contributed by atoms with E-state index in [1.54, 1.807) is 24.3 Å². The number of ether oxygens (including phenoxy) is 1. The summed E-state index contributed by atoms with van der Waals surface area (Å²) in [6.07, 6.45) is 0.260. The van der Waals surface area contributed by atoms with Crippen molar-refractivity contribution in [2.45, 2.75) is 25.0 Å². The van der Waals surface area contributed by atoms with Gasteiger partial charge in [0.05, 0.1) is 26.1 Å². The lowest BCUT2D eigenvalue weighted by atomic mass is 10.0. The van der Waals surface area contributed by atoms with E-state index < -0.39 is 24.0 Å². The largest absolute Gasteiger partial charge is 0.482 e. The predicted molar refractivity (Wildman–Crippen MR) is 105 cm³/mol. The van der Waals surface area contributed by atoms with E-state index in [1.165, 1.54) is 7.11 Å². The first-order valence-electron chi connectivity index (χ1n) is 9.05. The number of hydrogen-bond acceptors (Lipinski definition) is 6. The minimum absolute atomic E-state index is 0.0470. The minimum atomic E-state index is -0.848. The topological polar surface area (TPSA) is 94.2 Å². The molecular weight excluding hydrogens is 358 g/mol. The number of rotatable bonds is 6. The lowest BCUT2D eigenvalue weighted by Crippen LogP contribution is -2.50. The van der Waals surface area contributed by atoms with Gasteiger partial charge in [0.1, 0.15) is 0 Å². The molecule has 2 aromatic carbocycles. The van der Waals surface area contributed by atoms with Crippen LogP contribution in [0.1, 0.15) is 22.3 Å². The Morgan fingerprint density at radius 3 is 2.43 bits per heavy atom. The van der Waals surface area contributed by atoms with Gasteiger partial charge in [-0.15, -0.1) is 0 Å². The Bertz CT molecular complexity index is 839. The van der Waals surface area contributed by atoms with E-state index in [1.807, 2.05) is 36.4 Å². The smallest absolute Gasteiger partial charge is 0.260 e. The van der Waals surface area contributed by atoms with Crippen LogP contribution in [-0.2, 0) is 20.8 Å². The van der Waals surface area contributed by atoms with Crippen LogP contribution in [0.15, 0.2) is 65.8 Å². The number of carbonyl (C=O) groups excluding carboxylic acids is 2. The highest BCUT2D eigenvalue weighted by atomic mass is 16.7. The Kier molecular flexibility index (Phi) is 6.39. The molecule has 28 heavy (non-hydrogen) atoms. The van der Waals surface area contributed by atoms with Gasteiger partial charge in [-0.3, -0.25) is 14.5 Å². The number of nitrogens with two attached hydrogens (primary N) is 1. The fourth-order valence-corrected chi connectivity index (χ4v) is 2.99. The third-order valence-electron chi connectivity index (χ3n) is 4.48. The first kappa shape index (κ1) is 19.6. The maximum absolute atomic E-state index is 13.1. The molecule has 2 atom stereocenters. The first-order valence-corrected chi connectivity index (χ1v) is 9.05. The number of amides is 2. The highest BCUT2D eigenvalue weighted by Crippen LogP contribution is 2.16. The molecule has 1 unspecified atom stereocenters. The molecule has 7 nitrogen and oxygen atoms in total. The van der Waals surface area contributed by atoms with E-state index in [4.69, 9.17) is 15.3 Å². The Hall–Kier alpha value is -3.19. The van der Waals surface area contributed by atoms with Gasteiger partial charge in [-0.25, -0.2) is 0 Å². The Balaban J connectivity index is 1.76. The average molecular weight is 381 g/mol. The van der Waals surface area contributed by atoms with Crippen molar-refractivity contribution in [1.82, 2.24) is 4.90 Å². The Morgan fingerprint density at radius 1 is 1.18 bits per heavy atom. The second kappa shape index (κ2) is 9.14. The van der Waals surface area contributed by atoms with Gasteiger partial charge in [-0.2, -0.15) is 0 Å². The number of benzene rings is 2. The molecule has 3 rings (SSSR count). The predicted octanol–water partition coefficient (Wildman–Crippen LogP) is 1.97. The molecule has 0 radical (unpaired) electrons. The molecular formula is C21H23N3O4. The molecule has 0 aromatic heterocycles. The van der Waals surface area contributed by atoms with Crippen molar-refractivity contribution in [1.29, 1.82) is 0 Å². The number of imide groups is 1. The second-order valence-electron chi connectivity index (χ2n) is 6.54. The van der Waals surface area contributed by atoms with Crippen LogP contribution in [0.5, 0.6) is 0 Å². The van der Waals surface area contributed by atoms with Gasteiger partial charge in [0, 0.05) is 5.56 Å². The van der Waals surface area contributed by atoms with Crippen LogP contribution in [0.4, 0.5) is 0 Å². The van der Waals surface area contributed by atoms with Crippen LogP contribution >= 0.6 is 0 Å². The molecule has 0 fully saturated rings. The van der Waals surface area contributed by atoms with Crippen LogP contribution in [-0.4, -0.2) is 48.4 Å². The van der Waals surface area contributed by atoms with Crippen molar-refractivity contribution < 1.29 is 19.2 Å². The van der Waals surface area contributed by atoms with Crippen molar-refractivity contribution in [3.63, 3.8) is 0 Å². The molecule has 1 aliphatic rings. The van der Waals surface area contributed by atoms with Crippen LogP contribution in [0, 0.1) is 0 Å². The van der Waals surface area contributed by atoms with Gasteiger partial charge in [0.15, 0.2) is 6.10 Å². The number of methoxy groups -OCH3 is 1. The zero-order chi connectivity index (χ0) is 19.9. The van der Waals surface area contributed by atoms with Gasteiger partial charge in [-0.05, 0) is 24.1 Å². The standard InChI is InChI=1S/C21H23N3O4/c1-27-19-13-17(28-23-19)14-24(20(25)16-10-6-3-7-11-16)21(26)18(22)12-15-8-4-2-5-9-15/h2-11,17-18H,12-14,22H2,1H3/t17?,18-/m0/s1. The lowest BCUT2D eigenvalue weighted by Gasteiger charge is -2.26. The van der Waals surface area contributed by atoms with Crippen molar-refractivity contribution in [2.75, 3.05) is 13.7 Å². The van der Waals surface area contributed by atoms with Gasteiger partial charge in [0.25, 0.3) is 5.91 Å². The second-order valence-corrected chi connectivity index (χ2v) is 6.54. The molecule has 2 aromatic rings. The van der Waals surface area contributed by atoms with Crippen molar-refractivity contribution >= 4 is 17.7 Å². The summed E-state index contributed by atoms with van der Waals surface area (Å²) < 4.78 is 5.07. The number of nitrogens with zero attached hydrogens (tertiary/aromatic N) is 2. The highest BCUT2D eigenvalue weighted by molar-refractivity contribution is 6.06. The SMILES string of the molecule is COC1=NOC(CN(C(=O)c2ccccc2)C(=O)[C@@H](N)Cc2ccccc2)C1. The Morgan fingerprint density at radius 2 is 1.82 bits per heavy atom. The monoisotopic (exact) mass is 381 g/mol. The molecule has 1 heterocycles. The van der Waals surface area contributed by atoms with E-state index in [9.17, 15) is 9.59 Å². The number of carbonyl (C=O) groups is 2. The molecule has 1 aliphatic heterocycles. The summed E-state index contributed by atoms with van der Waals surface area (Å²) in [7, 11) is 1.50. The fourth-order valence-electron chi connectivity index (χ4n) is 2.99. The van der Waals surface area contributed by atoms with Crippen LogP contribution in [0.2, 0.25) is 0 Å². The van der Waals surface area contributed by atoms with E-state index in [0.717, 1.165) is 10.5 Å². The molecule has 2 N–H and O–H groups in total. The maximum Gasteiger partial charge on any atom is 0.260 e. The molecule has 146 valence electrons. The van der Waals surface area contributed by atoms with Crippen molar-refractivity contribution in [2.24, 2.45) is 10.9 Å². The van der Waals surface area contributed by atoms with E-state index in [0.29, 0.717) is 24.3 Å². The summed E-state index contributed by atoms with van der Waals surface area (Å²) in [6, 6.07) is 17.2. The summed E-state index contributed by atoms with van der Waals surface area (Å²) in [6.45, 7) is 0.0470. The zero-order valence-electron chi connectivity index (χ0n) is 15.7. The summed E-state index contributed by atoms with van der Waals surface area (Å²) >= 11 is 0. The Labute approximate surface area is 163 Å². The van der Waals surface area contributed by atoms with Crippen molar-refractivity contribution in [3.05, 3.63) is 71.8 Å². The first-order chi connectivity index (χ1) is 13.6. The average Bonchev–Trinajstić information content (AvgIpc) is 3.20. The van der Waals surface area contributed by atoms with Crippen LogP contribution in [0.3, 0.4) is 0 Å². The maximum atomic E-state index is 13.1. The number of oxime groups is 1. The molecule has 0 bridgehead atoms. The zero-order valence-corrected chi connectivity index (χ0v) is 15.7. The summed E-state index contributed by atoms with van der Waals surface area (Å²) in [5.74, 6) is -0.436. The van der Waals surface area contributed by atoms with Crippen LogP contribution in [0.25, 0.3) is 0 Å². The van der Waals surface area contributed by atoms with Gasteiger partial charge >= 0.3 is 0 Å². The molecule has 0 aliphatic carbocycles. The fraction of sp³-hybridized carbons (Fsp3) is 0.286. The van der Waals surface area contributed by atoms with E-state index in [-0.39, 0.29) is 6.54 Å². The van der Waals surface area contributed by atoms with Crippen molar-refractivity contribution in [3.8, 4) is 0 Å². The van der Waals surface area contributed by atoms with E-state index >= 15 is 0 Å². The summed E-state index contributed by atoms with van der Waals surface area (Å²) in [5, 5.41) is 3.81. The lowest BCUT2D eigenvalue weighted by molar-refractivity contribution is -0.131. The van der Waals surface area contributed by atoms with Gasteiger partial charge < -0.3 is 15.3 Å². The van der Waals surface area contributed by atoms with E-state index in [2.05, 4.69) is 5.16 Å². The molecule has 0 saturated heterocycles. The third kappa shape index (κ3) is 4.75. The summed E-state index contributed by atoms with van der Waals surface area (Å²) in [4.78, 5) is 32.5. The quantitative estimate of drug-likeness (QED) is 0.826. The highest BCUT2D eigenvalue weighted by Gasteiger charge is 2.33. The minimum Gasteiger partial charge on any atom is -0.482 e. The molecule has 7 heteroatoms. The molecule has 2 amide bonds.